The van der Waals surface area contributed by atoms with Gasteiger partial charge in [-0.2, -0.15) is 11.3 Å². The predicted molar refractivity (Wildman–Crippen MR) is 93.2 cm³/mol. The van der Waals surface area contributed by atoms with Crippen molar-refractivity contribution in [2.75, 3.05) is 38.8 Å². The van der Waals surface area contributed by atoms with Crippen LogP contribution in [-0.4, -0.2) is 44.9 Å². The molecule has 1 heterocycles. The molecular weight excluding hydrogens is 312 g/mol. The van der Waals surface area contributed by atoms with Gasteiger partial charge in [-0.05, 0) is 40.6 Å². The Labute approximate surface area is 140 Å². The molecule has 0 spiro atoms. The number of aliphatic hydroxyl groups is 1. The second-order valence-corrected chi connectivity index (χ2v) is 6.07. The van der Waals surface area contributed by atoms with Crippen molar-refractivity contribution in [2.45, 2.75) is 6.10 Å². The molecule has 23 heavy (non-hydrogen) atoms. The highest BCUT2D eigenvalue weighted by Crippen LogP contribution is 2.20. The number of amides is 1. The molecule has 6 heteroatoms. The van der Waals surface area contributed by atoms with Gasteiger partial charge in [0.25, 0.3) is 5.91 Å². The first-order valence-corrected chi connectivity index (χ1v) is 8.36. The summed E-state index contributed by atoms with van der Waals surface area (Å²) in [5.41, 5.74) is 2.59. The maximum Gasteiger partial charge on any atom is 0.251 e. The third-order valence-corrected chi connectivity index (χ3v) is 4.10. The number of rotatable bonds is 8. The van der Waals surface area contributed by atoms with E-state index < -0.39 is 0 Å². The van der Waals surface area contributed by atoms with Gasteiger partial charge in [0.1, 0.15) is 6.10 Å². The Hall–Kier alpha value is -1.89. The zero-order valence-electron chi connectivity index (χ0n) is 13.4. The van der Waals surface area contributed by atoms with E-state index >= 15 is 0 Å². The SMILES string of the molecule is CN(C)c1cccc(C(=O)NC[C@H](OCCO)c2ccsc2)c1. The molecule has 124 valence electrons. The van der Waals surface area contributed by atoms with Crippen LogP contribution in [0.2, 0.25) is 0 Å². The molecule has 0 unspecified atom stereocenters. The molecule has 0 saturated carbocycles. The fraction of sp³-hybridized carbons (Fsp3) is 0.353. The minimum Gasteiger partial charge on any atom is -0.394 e. The summed E-state index contributed by atoms with van der Waals surface area (Å²) < 4.78 is 5.62. The van der Waals surface area contributed by atoms with Crippen LogP contribution in [0.1, 0.15) is 22.0 Å². The van der Waals surface area contributed by atoms with Crippen LogP contribution in [0.25, 0.3) is 0 Å². The quantitative estimate of drug-likeness (QED) is 0.778. The van der Waals surface area contributed by atoms with E-state index in [-0.39, 0.29) is 25.2 Å². The van der Waals surface area contributed by atoms with Crippen LogP contribution in [-0.2, 0) is 4.74 Å². The van der Waals surface area contributed by atoms with E-state index in [1.807, 2.05) is 54.0 Å². The first-order valence-electron chi connectivity index (χ1n) is 7.42. The molecule has 1 amide bonds. The summed E-state index contributed by atoms with van der Waals surface area (Å²) >= 11 is 1.58. The first-order chi connectivity index (χ1) is 11.1. The van der Waals surface area contributed by atoms with E-state index in [0.717, 1.165) is 11.3 Å². The van der Waals surface area contributed by atoms with Crippen molar-refractivity contribution in [1.29, 1.82) is 0 Å². The van der Waals surface area contributed by atoms with Crippen LogP contribution in [0.4, 0.5) is 5.69 Å². The Kier molecular flexibility index (Phi) is 6.58. The summed E-state index contributed by atoms with van der Waals surface area (Å²) in [7, 11) is 3.87. The van der Waals surface area contributed by atoms with Gasteiger partial charge < -0.3 is 20.1 Å². The Bertz CT molecular complexity index is 614. The lowest BCUT2D eigenvalue weighted by Crippen LogP contribution is -2.30. The maximum atomic E-state index is 12.3. The van der Waals surface area contributed by atoms with Crippen molar-refractivity contribution in [3.63, 3.8) is 0 Å². The normalized spacial score (nSPS) is 12.0. The van der Waals surface area contributed by atoms with Gasteiger partial charge >= 0.3 is 0 Å². The zero-order chi connectivity index (χ0) is 16.7. The topological polar surface area (TPSA) is 61.8 Å². The average Bonchev–Trinajstić information content (AvgIpc) is 3.09. The number of hydrogen-bond donors (Lipinski definition) is 2. The molecule has 0 aliphatic rings. The Balaban J connectivity index is 1.99. The van der Waals surface area contributed by atoms with Crippen LogP contribution in [0, 0.1) is 0 Å². The minimum absolute atomic E-state index is 0.0422. The number of thiophene rings is 1. The molecule has 5 nitrogen and oxygen atoms in total. The Morgan fingerprint density at radius 1 is 1.39 bits per heavy atom. The number of hydrogen-bond acceptors (Lipinski definition) is 5. The van der Waals surface area contributed by atoms with Crippen LogP contribution in [0.15, 0.2) is 41.1 Å². The van der Waals surface area contributed by atoms with Crippen molar-refractivity contribution in [2.24, 2.45) is 0 Å². The highest BCUT2D eigenvalue weighted by atomic mass is 32.1. The second-order valence-electron chi connectivity index (χ2n) is 5.29. The number of carbonyl (C=O) groups is 1. The molecule has 0 radical (unpaired) electrons. The summed E-state index contributed by atoms with van der Waals surface area (Å²) in [6, 6.07) is 9.42. The number of nitrogens with zero attached hydrogens (tertiary/aromatic N) is 1. The van der Waals surface area contributed by atoms with Crippen LogP contribution >= 0.6 is 11.3 Å². The van der Waals surface area contributed by atoms with E-state index in [1.54, 1.807) is 17.4 Å². The lowest BCUT2D eigenvalue weighted by Gasteiger charge is -2.18. The fourth-order valence-electron chi connectivity index (χ4n) is 2.14. The summed E-state index contributed by atoms with van der Waals surface area (Å²) in [6.45, 7) is 0.563. The molecule has 1 aromatic heterocycles. The number of nitrogens with one attached hydrogen (secondary N) is 1. The van der Waals surface area contributed by atoms with Gasteiger partial charge in [-0.25, -0.2) is 0 Å². The third-order valence-electron chi connectivity index (χ3n) is 3.40. The second kappa shape index (κ2) is 8.67. The summed E-state index contributed by atoms with van der Waals surface area (Å²) in [5, 5.41) is 15.8. The van der Waals surface area contributed by atoms with Gasteiger partial charge in [0.05, 0.1) is 13.2 Å². The lowest BCUT2D eigenvalue weighted by molar-refractivity contribution is 0.0279. The van der Waals surface area contributed by atoms with Gasteiger partial charge in [-0.3, -0.25) is 4.79 Å². The fourth-order valence-corrected chi connectivity index (χ4v) is 2.84. The first kappa shape index (κ1) is 17.5. The van der Waals surface area contributed by atoms with Crippen molar-refractivity contribution in [3.8, 4) is 0 Å². The van der Waals surface area contributed by atoms with Gasteiger partial charge in [0, 0.05) is 31.9 Å². The van der Waals surface area contributed by atoms with Crippen molar-refractivity contribution < 1.29 is 14.6 Å². The number of ether oxygens (including phenoxy) is 1. The van der Waals surface area contributed by atoms with E-state index in [9.17, 15) is 4.79 Å². The van der Waals surface area contributed by atoms with Crippen LogP contribution in [0.3, 0.4) is 0 Å². The third kappa shape index (κ3) is 5.06. The number of aliphatic hydroxyl groups excluding tert-OH is 1. The summed E-state index contributed by atoms with van der Waals surface area (Å²) in [6.07, 6.45) is -0.255. The van der Waals surface area contributed by atoms with E-state index in [2.05, 4.69) is 5.32 Å². The van der Waals surface area contributed by atoms with E-state index in [4.69, 9.17) is 9.84 Å². The van der Waals surface area contributed by atoms with Crippen LogP contribution < -0.4 is 10.2 Å². The predicted octanol–water partition coefficient (Wildman–Crippen LogP) is 2.29. The highest BCUT2D eigenvalue weighted by Gasteiger charge is 2.15. The number of anilines is 1. The molecule has 0 saturated heterocycles. The lowest BCUT2D eigenvalue weighted by atomic mass is 10.1. The smallest absolute Gasteiger partial charge is 0.251 e. The standard InChI is InChI=1S/C17H22N2O3S/c1-19(2)15-5-3-4-13(10-15)17(21)18-11-16(22-8-7-20)14-6-9-23-12-14/h3-6,9-10,12,16,20H,7-8,11H2,1-2H3,(H,18,21)/t16-/m0/s1. The Morgan fingerprint density at radius 3 is 2.87 bits per heavy atom. The molecule has 0 bridgehead atoms. The summed E-state index contributed by atoms with van der Waals surface area (Å²) in [5.74, 6) is -0.137. The van der Waals surface area contributed by atoms with Crippen molar-refractivity contribution >= 4 is 22.9 Å². The molecule has 2 N–H and O–H groups in total. The number of benzene rings is 1. The minimum atomic E-state index is -0.255. The molecular formula is C17H22N2O3S. The van der Waals surface area contributed by atoms with Gasteiger partial charge in [0.2, 0.25) is 0 Å². The zero-order valence-corrected chi connectivity index (χ0v) is 14.2. The molecule has 0 aliphatic heterocycles. The summed E-state index contributed by atoms with van der Waals surface area (Å²) in [4.78, 5) is 14.3. The molecule has 1 aromatic carbocycles. The van der Waals surface area contributed by atoms with Crippen molar-refractivity contribution in [3.05, 3.63) is 52.2 Å². The monoisotopic (exact) mass is 334 g/mol. The maximum absolute atomic E-state index is 12.3. The average molecular weight is 334 g/mol. The van der Waals surface area contributed by atoms with E-state index in [1.165, 1.54) is 0 Å². The molecule has 1 atom stereocenters. The molecule has 0 fully saturated rings. The number of carbonyl (C=O) groups excluding carboxylic acids is 1. The van der Waals surface area contributed by atoms with Crippen LogP contribution in [0.5, 0.6) is 0 Å². The highest BCUT2D eigenvalue weighted by molar-refractivity contribution is 7.07. The Morgan fingerprint density at radius 2 is 2.22 bits per heavy atom. The van der Waals surface area contributed by atoms with Gasteiger partial charge in [-0.15, -0.1) is 0 Å². The largest absolute Gasteiger partial charge is 0.394 e. The van der Waals surface area contributed by atoms with Gasteiger partial charge in [0.15, 0.2) is 0 Å². The van der Waals surface area contributed by atoms with Crippen molar-refractivity contribution in [1.82, 2.24) is 5.32 Å². The molecule has 2 aromatic rings. The van der Waals surface area contributed by atoms with E-state index in [0.29, 0.717) is 12.1 Å². The van der Waals surface area contributed by atoms with Gasteiger partial charge in [-0.1, -0.05) is 6.07 Å². The molecule has 2 rings (SSSR count). The molecule has 0 aliphatic carbocycles.